The van der Waals surface area contributed by atoms with Gasteiger partial charge in [0.25, 0.3) is 0 Å². The van der Waals surface area contributed by atoms with Crippen molar-refractivity contribution >= 4 is 12.4 Å². The Hall–Kier alpha value is 0.250. The molecule has 0 aromatic rings. The van der Waals surface area contributed by atoms with Crippen LogP contribution in [0.15, 0.2) is 0 Å². The highest BCUT2D eigenvalue weighted by Crippen LogP contribution is 2.58. The minimum atomic E-state index is 0. The molecule has 1 heterocycles. The van der Waals surface area contributed by atoms with Gasteiger partial charge in [-0.25, -0.2) is 0 Å². The molecule has 2 aliphatic rings. The van der Waals surface area contributed by atoms with Gasteiger partial charge < -0.3 is 5.32 Å². The summed E-state index contributed by atoms with van der Waals surface area (Å²) in [7, 11) is 0. The molecule has 1 aliphatic carbocycles. The van der Waals surface area contributed by atoms with Gasteiger partial charge in [-0.1, -0.05) is 26.2 Å². The van der Waals surface area contributed by atoms with Crippen LogP contribution in [0.5, 0.6) is 0 Å². The van der Waals surface area contributed by atoms with Gasteiger partial charge in [-0.2, -0.15) is 0 Å². The molecule has 0 radical (unpaired) electrons. The normalized spacial score (nSPS) is 37.2. The molecule has 2 heteroatoms. The van der Waals surface area contributed by atoms with Gasteiger partial charge in [-0.05, 0) is 30.7 Å². The van der Waals surface area contributed by atoms with E-state index in [1.54, 1.807) is 0 Å². The molecule has 72 valence electrons. The lowest BCUT2D eigenvalue weighted by molar-refractivity contribution is 0.443. The Morgan fingerprint density at radius 3 is 2.75 bits per heavy atom. The zero-order chi connectivity index (χ0) is 7.73. The van der Waals surface area contributed by atoms with Gasteiger partial charge in [0, 0.05) is 6.54 Å². The van der Waals surface area contributed by atoms with Crippen LogP contribution < -0.4 is 5.32 Å². The third kappa shape index (κ3) is 1.77. The van der Waals surface area contributed by atoms with E-state index < -0.39 is 0 Å². The fourth-order valence-electron chi connectivity index (χ4n) is 2.55. The first-order valence-electron chi connectivity index (χ1n) is 5.08. The topological polar surface area (TPSA) is 12.0 Å². The maximum Gasteiger partial charge on any atom is 0.00112 e. The van der Waals surface area contributed by atoms with Crippen LogP contribution in [0.3, 0.4) is 0 Å². The average molecular weight is 190 g/mol. The number of nitrogens with one attached hydrogen (secondary N) is 1. The molecule has 12 heavy (non-hydrogen) atoms. The second-order valence-corrected chi connectivity index (χ2v) is 4.35. The van der Waals surface area contributed by atoms with Crippen molar-refractivity contribution in [2.45, 2.75) is 39.0 Å². The van der Waals surface area contributed by atoms with Crippen molar-refractivity contribution in [1.29, 1.82) is 0 Å². The predicted molar refractivity (Wildman–Crippen MR) is 54.8 cm³/mol. The molecule has 2 atom stereocenters. The molecule has 1 aliphatic heterocycles. The first kappa shape index (κ1) is 10.3. The third-order valence-corrected chi connectivity index (χ3v) is 3.50. The second kappa shape index (κ2) is 3.97. The Balaban J connectivity index is 0.000000720. The summed E-state index contributed by atoms with van der Waals surface area (Å²) in [5, 5.41) is 3.49. The summed E-state index contributed by atoms with van der Waals surface area (Å²) >= 11 is 0. The molecule has 0 bridgehead atoms. The van der Waals surface area contributed by atoms with E-state index in [4.69, 9.17) is 0 Å². The molecule has 1 N–H and O–H groups in total. The fraction of sp³-hybridized carbons (Fsp3) is 1.00. The second-order valence-electron chi connectivity index (χ2n) is 4.35. The van der Waals surface area contributed by atoms with Crippen molar-refractivity contribution in [2.75, 3.05) is 13.1 Å². The van der Waals surface area contributed by atoms with Gasteiger partial charge >= 0.3 is 0 Å². The third-order valence-electron chi connectivity index (χ3n) is 3.50. The first-order valence-corrected chi connectivity index (χ1v) is 5.08. The van der Waals surface area contributed by atoms with Crippen LogP contribution in [0.2, 0.25) is 0 Å². The molecule has 2 rings (SSSR count). The van der Waals surface area contributed by atoms with Crippen LogP contribution in [0.1, 0.15) is 39.0 Å². The molecular formula is C10H20ClN. The molecule has 0 aromatic carbocycles. The van der Waals surface area contributed by atoms with Gasteiger partial charge in [0.2, 0.25) is 0 Å². The van der Waals surface area contributed by atoms with Crippen molar-refractivity contribution in [1.82, 2.24) is 5.32 Å². The smallest absolute Gasteiger partial charge is 0.00112 e. The van der Waals surface area contributed by atoms with Crippen LogP contribution in [0, 0.1) is 11.3 Å². The van der Waals surface area contributed by atoms with Crippen LogP contribution in [0.25, 0.3) is 0 Å². The van der Waals surface area contributed by atoms with E-state index in [1.807, 2.05) is 0 Å². The lowest BCUT2D eigenvalue weighted by Crippen LogP contribution is -2.15. The van der Waals surface area contributed by atoms with Crippen molar-refractivity contribution in [3.8, 4) is 0 Å². The summed E-state index contributed by atoms with van der Waals surface area (Å²) in [5.74, 6) is 1.07. The predicted octanol–water partition coefficient (Wildman–Crippen LogP) is 2.60. The molecule has 0 aromatic heterocycles. The molecule has 2 fully saturated rings. The van der Waals surface area contributed by atoms with Crippen molar-refractivity contribution < 1.29 is 0 Å². The number of piperidine rings is 1. The highest BCUT2D eigenvalue weighted by Gasteiger charge is 2.55. The Morgan fingerprint density at radius 2 is 2.25 bits per heavy atom. The SMILES string of the molecule is CCCCCC12CNCC1C2.Cl. The van der Waals surface area contributed by atoms with Gasteiger partial charge in [0.05, 0.1) is 0 Å². The maximum atomic E-state index is 3.49. The van der Waals surface area contributed by atoms with Crippen molar-refractivity contribution in [3.05, 3.63) is 0 Å². The number of halogens is 1. The number of fused-ring (bicyclic) bond motifs is 1. The molecular weight excluding hydrogens is 170 g/mol. The molecule has 2 unspecified atom stereocenters. The minimum absolute atomic E-state index is 0. The van der Waals surface area contributed by atoms with E-state index in [2.05, 4.69) is 12.2 Å². The van der Waals surface area contributed by atoms with Crippen LogP contribution >= 0.6 is 12.4 Å². The summed E-state index contributed by atoms with van der Waals surface area (Å²) in [5.41, 5.74) is 0.801. The van der Waals surface area contributed by atoms with Gasteiger partial charge in [0.1, 0.15) is 0 Å². The lowest BCUT2D eigenvalue weighted by atomic mass is 9.98. The summed E-state index contributed by atoms with van der Waals surface area (Å²) in [6.45, 7) is 4.92. The number of rotatable bonds is 4. The number of hydrogen-bond acceptors (Lipinski definition) is 1. The Morgan fingerprint density at radius 1 is 1.42 bits per heavy atom. The standard InChI is InChI=1S/C10H19N.ClH/c1-2-3-4-5-10-6-9(10)7-11-8-10;/h9,11H,2-8H2,1H3;1H. The fourth-order valence-corrected chi connectivity index (χ4v) is 2.55. The Bertz CT molecular complexity index is 149. The zero-order valence-electron chi connectivity index (χ0n) is 7.94. The molecule has 1 saturated carbocycles. The minimum Gasteiger partial charge on any atom is -0.316 e. The van der Waals surface area contributed by atoms with Gasteiger partial charge in [-0.15, -0.1) is 12.4 Å². The summed E-state index contributed by atoms with van der Waals surface area (Å²) in [6, 6.07) is 0. The molecule has 0 amide bonds. The van der Waals surface area contributed by atoms with Crippen LogP contribution in [0.4, 0.5) is 0 Å². The quantitative estimate of drug-likeness (QED) is 0.671. The Labute approximate surface area is 81.7 Å². The Kier molecular flexibility index (Phi) is 3.42. The van der Waals surface area contributed by atoms with E-state index in [0.29, 0.717) is 0 Å². The van der Waals surface area contributed by atoms with Crippen molar-refractivity contribution in [2.24, 2.45) is 11.3 Å². The lowest BCUT2D eigenvalue weighted by Gasteiger charge is -2.09. The van der Waals surface area contributed by atoms with E-state index >= 15 is 0 Å². The van der Waals surface area contributed by atoms with E-state index in [1.165, 1.54) is 45.2 Å². The van der Waals surface area contributed by atoms with E-state index in [9.17, 15) is 0 Å². The summed E-state index contributed by atoms with van der Waals surface area (Å²) in [4.78, 5) is 0. The zero-order valence-corrected chi connectivity index (χ0v) is 8.75. The molecule has 1 nitrogen and oxygen atoms in total. The highest BCUT2D eigenvalue weighted by atomic mass is 35.5. The highest BCUT2D eigenvalue weighted by molar-refractivity contribution is 5.85. The van der Waals surface area contributed by atoms with Gasteiger partial charge in [0.15, 0.2) is 0 Å². The average Bonchev–Trinajstić information content (AvgIpc) is 2.55. The molecule has 1 saturated heterocycles. The van der Waals surface area contributed by atoms with Crippen LogP contribution in [-0.4, -0.2) is 13.1 Å². The van der Waals surface area contributed by atoms with Crippen molar-refractivity contribution in [3.63, 3.8) is 0 Å². The van der Waals surface area contributed by atoms with E-state index in [-0.39, 0.29) is 12.4 Å². The number of hydrogen-bond donors (Lipinski definition) is 1. The first-order chi connectivity index (χ1) is 5.37. The summed E-state index contributed by atoms with van der Waals surface area (Å²) in [6.07, 6.45) is 7.31. The molecule has 0 spiro atoms. The monoisotopic (exact) mass is 189 g/mol. The van der Waals surface area contributed by atoms with E-state index in [0.717, 1.165) is 11.3 Å². The number of unbranched alkanes of at least 4 members (excludes halogenated alkanes) is 2. The van der Waals surface area contributed by atoms with Crippen LogP contribution in [-0.2, 0) is 0 Å². The van der Waals surface area contributed by atoms with Gasteiger partial charge in [-0.3, -0.25) is 0 Å². The largest absolute Gasteiger partial charge is 0.316 e. The summed E-state index contributed by atoms with van der Waals surface area (Å²) < 4.78 is 0. The maximum absolute atomic E-state index is 3.49.